The van der Waals surface area contributed by atoms with E-state index in [0.29, 0.717) is 6.07 Å². The molecule has 0 radical (unpaired) electrons. The number of aromatic nitrogens is 1. The molecule has 6 nitrogen and oxygen atoms in total. The van der Waals surface area contributed by atoms with Crippen molar-refractivity contribution in [2.75, 3.05) is 11.4 Å². The Hall–Kier alpha value is -2.32. The number of alkyl halides is 3. The lowest BCUT2D eigenvalue weighted by Gasteiger charge is -2.21. The maximum atomic E-state index is 12.7. The predicted octanol–water partition coefficient (Wildman–Crippen LogP) is 0.792. The van der Waals surface area contributed by atoms with Gasteiger partial charge in [-0.2, -0.15) is 13.2 Å². The number of nitrogens with zero attached hydrogens (tertiary/aromatic N) is 2. The van der Waals surface area contributed by atoms with Crippen LogP contribution < -0.4 is 16.0 Å². The standard InChI is InChI=1S/C11H11F3N4O2/c1-5-2-6(11(12,13)14)3-8(17-5)18-7(9(15)19)4-16-10(18)20/h2-3,7H,4H2,1H3,(H2,15,19)(H,16,20). The summed E-state index contributed by atoms with van der Waals surface area (Å²) in [5, 5.41) is 2.34. The van der Waals surface area contributed by atoms with Gasteiger partial charge in [0.05, 0.1) is 5.56 Å². The van der Waals surface area contributed by atoms with E-state index >= 15 is 0 Å². The number of urea groups is 1. The molecule has 1 fully saturated rings. The zero-order valence-corrected chi connectivity index (χ0v) is 10.4. The van der Waals surface area contributed by atoms with Crippen molar-refractivity contribution in [2.45, 2.75) is 19.1 Å². The molecule has 1 unspecified atom stereocenters. The second-order valence-electron chi connectivity index (χ2n) is 4.33. The van der Waals surface area contributed by atoms with Crippen LogP contribution in [0, 0.1) is 6.92 Å². The van der Waals surface area contributed by atoms with Gasteiger partial charge in [0.15, 0.2) is 0 Å². The summed E-state index contributed by atoms with van der Waals surface area (Å²) < 4.78 is 38.2. The molecule has 20 heavy (non-hydrogen) atoms. The van der Waals surface area contributed by atoms with Crippen LogP contribution >= 0.6 is 0 Å². The minimum Gasteiger partial charge on any atom is -0.368 e. The Balaban J connectivity index is 2.49. The number of nitrogens with two attached hydrogens (primary N) is 1. The Kier molecular flexibility index (Phi) is 3.28. The number of carbonyl (C=O) groups excluding carboxylic acids is 2. The third kappa shape index (κ3) is 2.51. The fourth-order valence-electron chi connectivity index (χ4n) is 1.93. The highest BCUT2D eigenvalue weighted by molar-refractivity contribution is 6.02. The van der Waals surface area contributed by atoms with Crippen molar-refractivity contribution in [3.8, 4) is 0 Å². The Labute approximate surface area is 111 Å². The second kappa shape index (κ2) is 4.66. The minimum atomic E-state index is -4.57. The van der Waals surface area contributed by atoms with Crippen LogP contribution in [0.3, 0.4) is 0 Å². The van der Waals surface area contributed by atoms with E-state index in [-0.39, 0.29) is 18.1 Å². The normalized spacial score (nSPS) is 19.1. The Morgan fingerprint density at radius 1 is 1.50 bits per heavy atom. The zero-order valence-electron chi connectivity index (χ0n) is 10.4. The van der Waals surface area contributed by atoms with Crippen LogP contribution in [0.2, 0.25) is 0 Å². The molecule has 0 spiro atoms. The minimum absolute atomic E-state index is 0.0643. The number of nitrogens with one attached hydrogen (secondary N) is 1. The van der Waals surface area contributed by atoms with E-state index in [1.807, 2.05) is 0 Å². The Bertz CT molecular complexity index is 573. The van der Waals surface area contributed by atoms with Gasteiger partial charge in [0, 0.05) is 12.2 Å². The van der Waals surface area contributed by atoms with E-state index in [1.165, 1.54) is 6.92 Å². The van der Waals surface area contributed by atoms with Crippen LogP contribution in [0.4, 0.5) is 23.8 Å². The number of carbonyl (C=O) groups is 2. The van der Waals surface area contributed by atoms with E-state index in [0.717, 1.165) is 11.0 Å². The molecule has 2 rings (SSSR count). The molecule has 1 aromatic rings. The summed E-state index contributed by atoms with van der Waals surface area (Å²) in [5.41, 5.74) is 4.27. The maximum Gasteiger partial charge on any atom is 0.416 e. The predicted molar refractivity (Wildman–Crippen MR) is 62.8 cm³/mol. The summed E-state index contributed by atoms with van der Waals surface area (Å²) in [6.07, 6.45) is -4.57. The van der Waals surface area contributed by atoms with Crippen molar-refractivity contribution >= 4 is 17.8 Å². The molecule has 0 aromatic carbocycles. The van der Waals surface area contributed by atoms with Gasteiger partial charge in [-0.05, 0) is 19.1 Å². The van der Waals surface area contributed by atoms with Gasteiger partial charge < -0.3 is 11.1 Å². The smallest absolute Gasteiger partial charge is 0.368 e. The largest absolute Gasteiger partial charge is 0.416 e. The van der Waals surface area contributed by atoms with Crippen LogP contribution in [-0.2, 0) is 11.0 Å². The number of halogens is 3. The molecule has 1 saturated heterocycles. The van der Waals surface area contributed by atoms with Crippen molar-refractivity contribution in [1.82, 2.24) is 10.3 Å². The first kappa shape index (κ1) is 14.1. The van der Waals surface area contributed by atoms with Crippen molar-refractivity contribution in [3.05, 3.63) is 23.4 Å². The van der Waals surface area contributed by atoms with E-state index in [1.54, 1.807) is 0 Å². The average Bonchev–Trinajstić information content (AvgIpc) is 2.69. The van der Waals surface area contributed by atoms with Crippen LogP contribution in [0.5, 0.6) is 0 Å². The quantitative estimate of drug-likeness (QED) is 0.843. The van der Waals surface area contributed by atoms with E-state index in [4.69, 9.17) is 5.73 Å². The van der Waals surface area contributed by atoms with Crippen LogP contribution in [-0.4, -0.2) is 29.5 Å². The molecule has 9 heteroatoms. The van der Waals surface area contributed by atoms with Gasteiger partial charge in [0.2, 0.25) is 5.91 Å². The van der Waals surface area contributed by atoms with E-state index in [2.05, 4.69) is 10.3 Å². The van der Waals surface area contributed by atoms with Gasteiger partial charge >= 0.3 is 12.2 Å². The first-order valence-electron chi connectivity index (χ1n) is 5.62. The first-order chi connectivity index (χ1) is 9.20. The molecule has 3 N–H and O–H groups in total. The monoisotopic (exact) mass is 288 g/mol. The molecule has 1 atom stereocenters. The van der Waals surface area contributed by atoms with Crippen molar-refractivity contribution in [3.63, 3.8) is 0 Å². The van der Waals surface area contributed by atoms with Crippen molar-refractivity contribution < 1.29 is 22.8 Å². The van der Waals surface area contributed by atoms with Gasteiger partial charge in [0.25, 0.3) is 0 Å². The summed E-state index contributed by atoms with van der Waals surface area (Å²) in [7, 11) is 0. The lowest BCUT2D eigenvalue weighted by Crippen LogP contribution is -2.44. The lowest BCUT2D eigenvalue weighted by molar-refractivity contribution is -0.137. The number of pyridine rings is 1. The summed E-state index contributed by atoms with van der Waals surface area (Å²) in [6, 6.07) is -0.192. The number of hydrogen-bond acceptors (Lipinski definition) is 3. The molecular formula is C11H11F3N4O2. The summed E-state index contributed by atoms with van der Waals surface area (Å²) >= 11 is 0. The van der Waals surface area contributed by atoms with E-state index in [9.17, 15) is 22.8 Å². The SMILES string of the molecule is Cc1cc(C(F)(F)F)cc(N2C(=O)NCC2C(N)=O)n1. The fraction of sp³-hybridized carbons (Fsp3) is 0.364. The molecule has 0 bridgehead atoms. The molecule has 1 aliphatic rings. The molecule has 2 heterocycles. The topological polar surface area (TPSA) is 88.3 Å². The number of primary amides is 1. The van der Waals surface area contributed by atoms with Gasteiger partial charge in [-0.3, -0.25) is 9.69 Å². The van der Waals surface area contributed by atoms with Crippen LogP contribution in [0.15, 0.2) is 12.1 Å². The molecular weight excluding hydrogens is 277 g/mol. The van der Waals surface area contributed by atoms with Crippen LogP contribution in [0.25, 0.3) is 0 Å². The number of anilines is 1. The molecule has 1 aromatic heterocycles. The highest BCUT2D eigenvalue weighted by atomic mass is 19.4. The summed E-state index contributed by atoms with van der Waals surface area (Å²) in [4.78, 5) is 27.6. The maximum absolute atomic E-state index is 12.7. The second-order valence-corrected chi connectivity index (χ2v) is 4.33. The highest BCUT2D eigenvalue weighted by Crippen LogP contribution is 2.32. The number of hydrogen-bond donors (Lipinski definition) is 2. The third-order valence-electron chi connectivity index (χ3n) is 2.82. The lowest BCUT2D eigenvalue weighted by atomic mass is 10.2. The summed E-state index contributed by atoms with van der Waals surface area (Å²) in [6.45, 7) is 1.30. The average molecular weight is 288 g/mol. The molecule has 0 aliphatic carbocycles. The third-order valence-corrected chi connectivity index (χ3v) is 2.82. The molecule has 108 valence electrons. The van der Waals surface area contributed by atoms with Crippen molar-refractivity contribution in [2.24, 2.45) is 5.73 Å². The Morgan fingerprint density at radius 3 is 2.70 bits per heavy atom. The van der Waals surface area contributed by atoms with Gasteiger partial charge in [0.1, 0.15) is 11.9 Å². The highest BCUT2D eigenvalue weighted by Gasteiger charge is 2.38. The fourth-order valence-corrected chi connectivity index (χ4v) is 1.93. The number of rotatable bonds is 2. The van der Waals surface area contributed by atoms with E-state index < -0.39 is 29.7 Å². The number of amides is 3. The number of aryl methyl sites for hydroxylation is 1. The summed E-state index contributed by atoms with van der Waals surface area (Å²) in [5.74, 6) is -1.07. The van der Waals surface area contributed by atoms with Crippen LogP contribution in [0.1, 0.15) is 11.3 Å². The first-order valence-corrected chi connectivity index (χ1v) is 5.62. The van der Waals surface area contributed by atoms with Gasteiger partial charge in [-0.1, -0.05) is 0 Å². The molecule has 1 aliphatic heterocycles. The Morgan fingerprint density at radius 2 is 2.15 bits per heavy atom. The molecule has 0 saturated carbocycles. The van der Waals surface area contributed by atoms with Gasteiger partial charge in [-0.15, -0.1) is 0 Å². The van der Waals surface area contributed by atoms with Crippen molar-refractivity contribution in [1.29, 1.82) is 0 Å². The zero-order chi connectivity index (χ0) is 15.1. The molecule has 3 amide bonds. The van der Waals surface area contributed by atoms with Gasteiger partial charge in [-0.25, -0.2) is 9.78 Å².